The van der Waals surface area contributed by atoms with E-state index in [9.17, 15) is 0 Å². The fourth-order valence-corrected chi connectivity index (χ4v) is 1.24. The molecular formula is C10H12O2. The Kier molecular flexibility index (Phi) is 1.87. The standard InChI is InChI=1S/C10H12O2/c1-7-3-5-9(6-4-7)10-11-8(2)12-10/h3-6,8,10H,1-2H3. The van der Waals surface area contributed by atoms with Crippen LogP contribution in [0.5, 0.6) is 0 Å². The van der Waals surface area contributed by atoms with Crippen molar-refractivity contribution < 1.29 is 9.47 Å². The van der Waals surface area contributed by atoms with Crippen LogP contribution in [0.4, 0.5) is 0 Å². The third kappa shape index (κ3) is 1.36. The lowest BCUT2D eigenvalue weighted by atomic mass is 10.1. The minimum Gasteiger partial charge on any atom is -0.320 e. The number of ether oxygens (including phenoxy) is 2. The lowest BCUT2D eigenvalue weighted by molar-refractivity contribution is -0.382. The van der Waals surface area contributed by atoms with Gasteiger partial charge in [-0.15, -0.1) is 0 Å². The van der Waals surface area contributed by atoms with Crippen molar-refractivity contribution in [1.29, 1.82) is 0 Å². The molecule has 1 aromatic carbocycles. The normalized spacial score (nSPS) is 28.2. The molecule has 0 radical (unpaired) electrons. The Labute approximate surface area is 72.1 Å². The molecule has 0 N–H and O–H groups in total. The van der Waals surface area contributed by atoms with Gasteiger partial charge >= 0.3 is 0 Å². The summed E-state index contributed by atoms with van der Waals surface area (Å²) >= 11 is 0. The fraction of sp³-hybridized carbons (Fsp3) is 0.400. The summed E-state index contributed by atoms with van der Waals surface area (Å²) in [7, 11) is 0. The molecule has 0 saturated carbocycles. The fourth-order valence-electron chi connectivity index (χ4n) is 1.24. The van der Waals surface area contributed by atoms with Crippen LogP contribution < -0.4 is 0 Å². The zero-order valence-electron chi connectivity index (χ0n) is 7.28. The Morgan fingerprint density at radius 1 is 1.08 bits per heavy atom. The molecule has 1 aromatic rings. The zero-order valence-corrected chi connectivity index (χ0v) is 7.28. The van der Waals surface area contributed by atoms with Crippen LogP contribution in [0.1, 0.15) is 24.3 Å². The third-order valence-electron chi connectivity index (χ3n) is 1.98. The van der Waals surface area contributed by atoms with Gasteiger partial charge in [0.05, 0.1) is 0 Å². The van der Waals surface area contributed by atoms with E-state index in [1.54, 1.807) is 0 Å². The van der Waals surface area contributed by atoms with Gasteiger partial charge in [-0.2, -0.15) is 0 Å². The van der Waals surface area contributed by atoms with E-state index in [0.717, 1.165) is 5.56 Å². The monoisotopic (exact) mass is 164 g/mol. The summed E-state index contributed by atoms with van der Waals surface area (Å²) in [6.45, 7) is 3.96. The van der Waals surface area contributed by atoms with Crippen molar-refractivity contribution in [2.75, 3.05) is 0 Å². The maximum Gasteiger partial charge on any atom is 0.189 e. The molecule has 0 bridgehead atoms. The first kappa shape index (κ1) is 7.77. The predicted octanol–water partition coefficient (Wildman–Crippen LogP) is 2.39. The lowest BCUT2D eigenvalue weighted by Crippen LogP contribution is -2.31. The summed E-state index contributed by atoms with van der Waals surface area (Å²) in [6.07, 6.45) is -0.183. The highest BCUT2D eigenvalue weighted by Crippen LogP contribution is 2.30. The summed E-state index contributed by atoms with van der Waals surface area (Å²) in [5, 5.41) is 0. The first-order valence-electron chi connectivity index (χ1n) is 4.13. The molecule has 2 nitrogen and oxygen atoms in total. The zero-order chi connectivity index (χ0) is 8.55. The number of hydrogen-bond acceptors (Lipinski definition) is 2. The molecule has 0 aliphatic carbocycles. The predicted molar refractivity (Wildman–Crippen MR) is 45.6 cm³/mol. The topological polar surface area (TPSA) is 18.5 Å². The molecule has 12 heavy (non-hydrogen) atoms. The van der Waals surface area contributed by atoms with Crippen molar-refractivity contribution in [3.63, 3.8) is 0 Å². The van der Waals surface area contributed by atoms with Crippen LogP contribution in [0.3, 0.4) is 0 Å². The van der Waals surface area contributed by atoms with Gasteiger partial charge in [-0.3, -0.25) is 0 Å². The second-order valence-corrected chi connectivity index (χ2v) is 3.08. The van der Waals surface area contributed by atoms with Crippen LogP contribution >= 0.6 is 0 Å². The van der Waals surface area contributed by atoms with Gasteiger partial charge in [-0.25, -0.2) is 0 Å². The van der Waals surface area contributed by atoms with Crippen LogP contribution in [0.25, 0.3) is 0 Å². The van der Waals surface area contributed by atoms with Crippen LogP contribution in [0.2, 0.25) is 0 Å². The summed E-state index contributed by atoms with van der Waals surface area (Å²) in [5.41, 5.74) is 2.35. The molecule has 1 aliphatic heterocycles. The Hall–Kier alpha value is -0.860. The molecule has 1 saturated heterocycles. The highest BCUT2D eigenvalue weighted by atomic mass is 16.9. The molecule has 0 spiro atoms. The van der Waals surface area contributed by atoms with Crippen molar-refractivity contribution in [2.24, 2.45) is 0 Å². The van der Waals surface area contributed by atoms with Crippen LogP contribution in [0.15, 0.2) is 24.3 Å². The molecule has 1 fully saturated rings. The molecular weight excluding hydrogens is 152 g/mol. The van der Waals surface area contributed by atoms with Crippen molar-refractivity contribution >= 4 is 0 Å². The Morgan fingerprint density at radius 3 is 2.17 bits per heavy atom. The average molecular weight is 164 g/mol. The van der Waals surface area contributed by atoms with Crippen LogP contribution in [0, 0.1) is 6.92 Å². The Balaban J connectivity index is 2.09. The largest absolute Gasteiger partial charge is 0.320 e. The van der Waals surface area contributed by atoms with E-state index < -0.39 is 0 Å². The molecule has 0 unspecified atom stereocenters. The minimum absolute atomic E-state index is 0.0451. The SMILES string of the molecule is Cc1ccc(C2OC(C)O2)cc1. The maximum atomic E-state index is 5.34. The summed E-state index contributed by atoms with van der Waals surface area (Å²) in [5.74, 6) is 0. The quantitative estimate of drug-likeness (QED) is 0.634. The molecule has 1 heterocycles. The van der Waals surface area contributed by atoms with Crippen molar-refractivity contribution in [3.8, 4) is 0 Å². The first-order valence-corrected chi connectivity index (χ1v) is 4.13. The Bertz CT molecular complexity index is 260. The molecule has 64 valence electrons. The van der Waals surface area contributed by atoms with Crippen LogP contribution in [-0.2, 0) is 9.47 Å². The summed E-state index contributed by atoms with van der Waals surface area (Å²) < 4.78 is 10.7. The average Bonchev–Trinajstić information content (AvgIpc) is 2.01. The molecule has 0 aromatic heterocycles. The van der Waals surface area contributed by atoms with Gasteiger partial charge in [0, 0.05) is 5.56 Å². The van der Waals surface area contributed by atoms with Gasteiger partial charge in [-0.1, -0.05) is 29.8 Å². The summed E-state index contributed by atoms with van der Waals surface area (Å²) in [6, 6.07) is 8.19. The van der Waals surface area contributed by atoms with Crippen molar-refractivity contribution in [3.05, 3.63) is 35.4 Å². The van der Waals surface area contributed by atoms with Gasteiger partial charge in [-0.05, 0) is 13.8 Å². The lowest BCUT2D eigenvalue weighted by Gasteiger charge is -2.33. The third-order valence-corrected chi connectivity index (χ3v) is 1.98. The molecule has 2 heteroatoms. The van der Waals surface area contributed by atoms with Crippen LogP contribution in [-0.4, -0.2) is 6.29 Å². The second kappa shape index (κ2) is 2.88. The number of benzene rings is 1. The molecule has 2 rings (SSSR count). The van der Waals surface area contributed by atoms with E-state index in [4.69, 9.17) is 9.47 Å². The minimum atomic E-state index is -0.138. The molecule has 0 amide bonds. The van der Waals surface area contributed by atoms with Crippen molar-refractivity contribution in [2.45, 2.75) is 26.4 Å². The number of aryl methyl sites for hydroxylation is 1. The number of hydrogen-bond donors (Lipinski definition) is 0. The van der Waals surface area contributed by atoms with Gasteiger partial charge in [0.2, 0.25) is 0 Å². The van der Waals surface area contributed by atoms with Crippen molar-refractivity contribution in [1.82, 2.24) is 0 Å². The smallest absolute Gasteiger partial charge is 0.189 e. The van der Waals surface area contributed by atoms with E-state index in [0.29, 0.717) is 0 Å². The van der Waals surface area contributed by atoms with E-state index in [-0.39, 0.29) is 12.6 Å². The van der Waals surface area contributed by atoms with E-state index in [1.165, 1.54) is 5.56 Å². The van der Waals surface area contributed by atoms with E-state index >= 15 is 0 Å². The van der Waals surface area contributed by atoms with E-state index in [2.05, 4.69) is 19.1 Å². The van der Waals surface area contributed by atoms with E-state index in [1.807, 2.05) is 19.1 Å². The van der Waals surface area contributed by atoms with Gasteiger partial charge in [0.25, 0.3) is 0 Å². The maximum absolute atomic E-state index is 5.34. The molecule has 0 atom stereocenters. The summed E-state index contributed by atoms with van der Waals surface area (Å²) in [4.78, 5) is 0. The Morgan fingerprint density at radius 2 is 1.67 bits per heavy atom. The second-order valence-electron chi connectivity index (χ2n) is 3.08. The highest BCUT2D eigenvalue weighted by molar-refractivity contribution is 5.22. The van der Waals surface area contributed by atoms with Gasteiger partial charge < -0.3 is 9.47 Å². The highest BCUT2D eigenvalue weighted by Gasteiger charge is 2.27. The molecule has 1 aliphatic rings. The first-order chi connectivity index (χ1) is 5.75. The van der Waals surface area contributed by atoms with Gasteiger partial charge in [0.15, 0.2) is 12.6 Å². The van der Waals surface area contributed by atoms with Gasteiger partial charge in [0.1, 0.15) is 0 Å². The number of rotatable bonds is 1.